The van der Waals surface area contributed by atoms with Crippen molar-refractivity contribution in [1.29, 1.82) is 0 Å². The second kappa shape index (κ2) is 14.2. The minimum absolute atomic E-state index is 0.0216. The summed E-state index contributed by atoms with van der Waals surface area (Å²) in [5, 5.41) is 5.92. The minimum Gasteiger partial charge on any atom is -0.444 e. The van der Waals surface area contributed by atoms with Crippen LogP contribution >= 0.6 is 0 Å². The lowest BCUT2D eigenvalue weighted by Gasteiger charge is -2.26. The summed E-state index contributed by atoms with van der Waals surface area (Å²) >= 11 is 0. The molecule has 0 bridgehead atoms. The highest BCUT2D eigenvalue weighted by atomic mass is 32.2. The summed E-state index contributed by atoms with van der Waals surface area (Å²) in [6.45, 7) is 4.50. The smallest absolute Gasteiger partial charge is 0.410 e. The van der Waals surface area contributed by atoms with Crippen LogP contribution in [0.25, 0.3) is 0 Å². The summed E-state index contributed by atoms with van der Waals surface area (Å²) in [5.41, 5.74) is -0.113. The Balaban J connectivity index is 1.21. The number of para-hydroxylation sites is 1. The Hall–Kier alpha value is -4.46. The van der Waals surface area contributed by atoms with Gasteiger partial charge in [-0.15, -0.1) is 6.58 Å². The second-order valence-corrected chi connectivity index (χ2v) is 14.9. The summed E-state index contributed by atoms with van der Waals surface area (Å²) in [5.74, 6) is -2.79. The molecule has 2 aromatic carbocycles. The van der Waals surface area contributed by atoms with Crippen molar-refractivity contribution in [3.63, 3.8) is 0 Å². The van der Waals surface area contributed by atoms with Crippen molar-refractivity contribution in [3.05, 3.63) is 72.1 Å². The first kappa shape index (κ1) is 34.4. The van der Waals surface area contributed by atoms with Gasteiger partial charge in [0.2, 0.25) is 11.8 Å². The molecule has 3 N–H and O–H groups in total. The fourth-order valence-corrected chi connectivity index (χ4v) is 8.29. The summed E-state index contributed by atoms with van der Waals surface area (Å²) in [6.07, 6.45) is 5.29. The number of rotatable bonds is 2. The Kier molecular flexibility index (Phi) is 9.96. The largest absolute Gasteiger partial charge is 0.444 e. The van der Waals surface area contributed by atoms with E-state index in [1.165, 1.54) is 28.0 Å². The number of carbonyl (C=O) groups is 4. The SMILES string of the molecule is C=C[C@@H]1C[C@@]12NC(=O)[C@@H]1C[C@@H](OC(=O)N3Cc4cccc(F)c4C3)CN1C(=O)CCCCCCCCNc1ccccc1S(=O)(=O)NC2=O. The molecule has 1 saturated carbocycles. The highest BCUT2D eigenvalue weighted by Gasteiger charge is 2.61. The predicted molar refractivity (Wildman–Crippen MR) is 178 cm³/mol. The van der Waals surface area contributed by atoms with Gasteiger partial charge in [0.1, 0.15) is 28.4 Å². The van der Waals surface area contributed by atoms with Gasteiger partial charge < -0.3 is 20.3 Å². The zero-order valence-corrected chi connectivity index (χ0v) is 28.1. The van der Waals surface area contributed by atoms with Crippen molar-refractivity contribution in [2.45, 2.75) is 93.5 Å². The van der Waals surface area contributed by atoms with E-state index in [2.05, 4.69) is 21.9 Å². The maximum absolute atomic E-state index is 14.3. The van der Waals surface area contributed by atoms with Crippen LogP contribution in [0.15, 0.2) is 60.0 Å². The number of nitrogens with one attached hydrogen (secondary N) is 3. The van der Waals surface area contributed by atoms with E-state index in [0.717, 1.165) is 32.1 Å². The number of ether oxygens (including phenoxy) is 1. The maximum Gasteiger partial charge on any atom is 0.410 e. The third kappa shape index (κ3) is 7.29. The zero-order valence-electron chi connectivity index (χ0n) is 27.3. The van der Waals surface area contributed by atoms with Gasteiger partial charge >= 0.3 is 6.09 Å². The Morgan fingerprint density at radius 1 is 1.00 bits per heavy atom. The predicted octanol–water partition coefficient (Wildman–Crippen LogP) is 3.97. The van der Waals surface area contributed by atoms with Crippen LogP contribution in [-0.4, -0.2) is 72.8 Å². The zero-order chi connectivity index (χ0) is 34.8. The van der Waals surface area contributed by atoms with Crippen molar-refractivity contribution in [1.82, 2.24) is 19.8 Å². The van der Waals surface area contributed by atoms with E-state index in [1.54, 1.807) is 30.3 Å². The first-order chi connectivity index (χ1) is 23.5. The fraction of sp³-hybridized carbons (Fsp3) is 0.486. The van der Waals surface area contributed by atoms with Gasteiger partial charge in [0.25, 0.3) is 15.9 Å². The number of sulfonamides is 1. The van der Waals surface area contributed by atoms with Crippen LogP contribution in [0.3, 0.4) is 0 Å². The molecule has 4 aliphatic rings. The Bertz CT molecular complexity index is 1750. The van der Waals surface area contributed by atoms with Crippen molar-refractivity contribution < 1.29 is 36.7 Å². The van der Waals surface area contributed by atoms with Crippen molar-refractivity contribution >= 4 is 39.5 Å². The molecule has 12 nitrogen and oxygen atoms in total. The highest BCUT2D eigenvalue weighted by molar-refractivity contribution is 7.90. The number of hydrogen-bond acceptors (Lipinski definition) is 8. The molecule has 0 unspecified atom stereocenters. The van der Waals surface area contributed by atoms with Crippen LogP contribution in [0.2, 0.25) is 0 Å². The third-order valence-corrected chi connectivity index (χ3v) is 11.3. The molecule has 0 radical (unpaired) electrons. The van der Waals surface area contributed by atoms with Gasteiger partial charge in [-0.25, -0.2) is 22.3 Å². The first-order valence-corrected chi connectivity index (χ1v) is 18.4. The first-order valence-electron chi connectivity index (χ1n) is 16.9. The van der Waals surface area contributed by atoms with Gasteiger partial charge in [-0.05, 0) is 43.0 Å². The van der Waals surface area contributed by atoms with E-state index in [1.807, 2.05) is 0 Å². The number of nitrogens with zero attached hydrogens (tertiary/aromatic N) is 2. The van der Waals surface area contributed by atoms with Crippen LogP contribution in [-0.2, 0) is 42.2 Å². The third-order valence-electron chi connectivity index (χ3n) is 9.92. The molecule has 4 atom stereocenters. The van der Waals surface area contributed by atoms with Gasteiger partial charge in [-0.3, -0.25) is 19.3 Å². The average Bonchev–Trinajstić information content (AvgIpc) is 3.37. The lowest BCUT2D eigenvalue weighted by Crippen LogP contribution is -2.56. The molecule has 14 heteroatoms. The Morgan fingerprint density at radius 2 is 1.76 bits per heavy atom. The number of fused-ring (bicyclic) bond motifs is 3. The molecule has 1 spiro atoms. The van der Waals surface area contributed by atoms with Gasteiger partial charge in [0, 0.05) is 37.4 Å². The van der Waals surface area contributed by atoms with E-state index >= 15 is 0 Å². The highest BCUT2D eigenvalue weighted by Crippen LogP contribution is 2.45. The standard InChI is InChI=1S/C35H42FN5O7S/c1-2-24-19-35(24)33(44)39-49(46,47)30-15-9-8-14-28(30)37-17-10-6-4-3-5-7-16-31(42)41-21-25(18-29(41)32(43)38-35)48-34(45)40-20-23-12-11-13-27(36)26(23)22-40/h2,8-9,11-15,24-25,29,37H,1,3-7,10,16-22H2,(H,38,43)(H,39,44)/t24-,25-,29+,35-/m1/s1. The molecule has 262 valence electrons. The van der Waals surface area contributed by atoms with E-state index in [-0.39, 0.29) is 49.7 Å². The summed E-state index contributed by atoms with van der Waals surface area (Å²) in [7, 11) is -4.34. The molecular weight excluding hydrogens is 653 g/mol. The molecule has 3 heterocycles. The normalized spacial score (nSPS) is 27.5. The number of benzene rings is 2. The topological polar surface area (TPSA) is 154 Å². The monoisotopic (exact) mass is 695 g/mol. The van der Waals surface area contributed by atoms with Gasteiger partial charge in [0.15, 0.2) is 0 Å². The molecule has 0 aromatic heterocycles. The van der Waals surface area contributed by atoms with E-state index in [4.69, 9.17) is 4.74 Å². The Morgan fingerprint density at radius 3 is 2.51 bits per heavy atom. The van der Waals surface area contributed by atoms with E-state index in [0.29, 0.717) is 29.8 Å². The summed E-state index contributed by atoms with van der Waals surface area (Å²) < 4.78 is 49.3. The van der Waals surface area contributed by atoms with Gasteiger partial charge in [0.05, 0.1) is 18.8 Å². The minimum atomic E-state index is -4.34. The molecule has 1 aliphatic carbocycles. The van der Waals surface area contributed by atoms with Crippen LogP contribution < -0.4 is 15.4 Å². The quantitative estimate of drug-likeness (QED) is 0.399. The van der Waals surface area contributed by atoms with Crippen LogP contribution in [0.1, 0.15) is 68.9 Å². The number of halogens is 1. The number of anilines is 1. The molecular formula is C35H42FN5O7S. The number of amides is 4. The van der Waals surface area contributed by atoms with Gasteiger partial charge in [-0.1, -0.05) is 56.0 Å². The number of hydrogen-bond donors (Lipinski definition) is 3. The molecule has 6 rings (SSSR count). The molecule has 1 saturated heterocycles. The van der Waals surface area contributed by atoms with Crippen LogP contribution in [0.4, 0.5) is 14.9 Å². The molecule has 3 aliphatic heterocycles. The summed E-state index contributed by atoms with van der Waals surface area (Å²) in [4.78, 5) is 57.0. The fourth-order valence-electron chi connectivity index (χ4n) is 7.06. The second-order valence-electron chi connectivity index (χ2n) is 13.3. The number of carbonyl (C=O) groups excluding carboxylic acids is 4. The molecule has 2 fully saturated rings. The lowest BCUT2D eigenvalue weighted by molar-refractivity contribution is -0.139. The maximum atomic E-state index is 14.3. The Labute approximate surface area is 285 Å². The van der Waals surface area contributed by atoms with E-state index in [9.17, 15) is 32.0 Å². The van der Waals surface area contributed by atoms with Gasteiger partial charge in [-0.2, -0.15) is 0 Å². The van der Waals surface area contributed by atoms with Crippen LogP contribution in [0, 0.1) is 11.7 Å². The lowest BCUT2D eigenvalue weighted by atomic mass is 10.1. The van der Waals surface area contributed by atoms with E-state index < -0.39 is 57.4 Å². The molecule has 4 amide bonds. The van der Waals surface area contributed by atoms with Crippen LogP contribution in [0.5, 0.6) is 0 Å². The summed E-state index contributed by atoms with van der Waals surface area (Å²) in [6, 6.07) is 9.93. The molecule has 2 aromatic rings. The van der Waals surface area contributed by atoms with Crippen molar-refractivity contribution in [3.8, 4) is 0 Å². The van der Waals surface area contributed by atoms with Crippen molar-refractivity contribution in [2.75, 3.05) is 18.4 Å². The average molecular weight is 696 g/mol. The van der Waals surface area contributed by atoms with Crippen molar-refractivity contribution in [2.24, 2.45) is 5.92 Å². The molecule has 49 heavy (non-hydrogen) atoms.